The molecule has 1 saturated heterocycles. The average molecular weight is 594 g/mol. The van der Waals surface area contributed by atoms with Gasteiger partial charge in [-0.3, -0.25) is 19.6 Å². The second-order valence-corrected chi connectivity index (χ2v) is 12.8. The van der Waals surface area contributed by atoms with Crippen molar-refractivity contribution in [3.8, 4) is 0 Å². The van der Waals surface area contributed by atoms with E-state index in [-0.39, 0.29) is 17.7 Å². The summed E-state index contributed by atoms with van der Waals surface area (Å²) in [6.45, 7) is 2.88. The van der Waals surface area contributed by atoms with Crippen LogP contribution >= 0.6 is 11.6 Å². The first-order valence-electron chi connectivity index (χ1n) is 13.7. The van der Waals surface area contributed by atoms with Gasteiger partial charge in [-0.15, -0.1) is 0 Å². The van der Waals surface area contributed by atoms with Gasteiger partial charge in [0.05, 0.1) is 11.9 Å². The number of fused-ring (bicyclic) bond motifs is 1. The van der Waals surface area contributed by atoms with Gasteiger partial charge < -0.3 is 10.2 Å². The smallest absolute Gasteiger partial charge is 0.245 e. The van der Waals surface area contributed by atoms with Crippen LogP contribution in [0.2, 0.25) is 5.02 Å². The van der Waals surface area contributed by atoms with Gasteiger partial charge in [-0.2, -0.15) is 0 Å². The second-order valence-electron chi connectivity index (χ2n) is 10.7. The summed E-state index contributed by atoms with van der Waals surface area (Å²) in [6.07, 6.45) is 3.57. The first-order chi connectivity index (χ1) is 19.7. The Balaban J connectivity index is 1.31. The number of anilines is 1. The molecular weight excluding hydrogens is 560 g/mol. The molecule has 2 aliphatic rings. The van der Waals surface area contributed by atoms with Gasteiger partial charge in [0.2, 0.25) is 21.8 Å². The summed E-state index contributed by atoms with van der Waals surface area (Å²) in [7, 11) is -3.42. The molecule has 0 aromatic heterocycles. The Morgan fingerprint density at radius 1 is 0.976 bits per heavy atom. The van der Waals surface area contributed by atoms with E-state index < -0.39 is 22.1 Å². The molecule has 10 heteroatoms. The van der Waals surface area contributed by atoms with E-state index in [4.69, 9.17) is 11.6 Å². The molecule has 41 heavy (non-hydrogen) atoms. The zero-order chi connectivity index (χ0) is 29.0. The third-order valence-electron chi connectivity index (χ3n) is 7.71. The number of nitrogens with one attached hydrogen (secondary N) is 3. The first-order valence-corrected chi connectivity index (χ1v) is 16.0. The van der Waals surface area contributed by atoms with Crippen LogP contribution in [0.3, 0.4) is 0 Å². The summed E-state index contributed by atoms with van der Waals surface area (Å²) in [6, 6.07) is 21.2. The lowest BCUT2D eigenvalue weighted by Crippen LogP contribution is -2.53. The van der Waals surface area contributed by atoms with Crippen LogP contribution in [0.5, 0.6) is 0 Å². The van der Waals surface area contributed by atoms with E-state index in [2.05, 4.69) is 15.4 Å². The zero-order valence-electron chi connectivity index (χ0n) is 22.8. The molecular formula is C31H34ClN4O4S. The van der Waals surface area contributed by atoms with Crippen LogP contribution in [0.1, 0.15) is 47.1 Å². The lowest BCUT2D eigenvalue weighted by molar-refractivity contribution is -0.137. The van der Waals surface area contributed by atoms with Gasteiger partial charge in [-0.1, -0.05) is 66.2 Å². The molecule has 1 unspecified atom stereocenters. The fourth-order valence-electron chi connectivity index (χ4n) is 5.68. The molecule has 2 amide bonds. The molecule has 3 N–H and O–H groups in total. The molecule has 3 aromatic rings. The van der Waals surface area contributed by atoms with Gasteiger partial charge in [-0.05, 0) is 65.6 Å². The van der Waals surface area contributed by atoms with E-state index in [9.17, 15) is 18.0 Å². The van der Waals surface area contributed by atoms with Crippen LogP contribution in [0.4, 0.5) is 5.69 Å². The lowest BCUT2D eigenvalue weighted by Gasteiger charge is -2.36. The van der Waals surface area contributed by atoms with Crippen LogP contribution in [0, 0.1) is 6.54 Å². The number of carbonyl (C=O) groups is 2. The normalized spacial score (nSPS) is 18.3. The fourth-order valence-corrected chi connectivity index (χ4v) is 6.39. The van der Waals surface area contributed by atoms with Crippen molar-refractivity contribution in [2.24, 2.45) is 0 Å². The average Bonchev–Trinajstić information content (AvgIpc) is 2.97. The number of carbonyl (C=O) groups excluding carboxylic acids is 2. The minimum atomic E-state index is -3.42. The quantitative estimate of drug-likeness (QED) is 0.363. The van der Waals surface area contributed by atoms with Crippen molar-refractivity contribution in [2.45, 2.75) is 43.7 Å². The van der Waals surface area contributed by atoms with Crippen molar-refractivity contribution in [2.75, 3.05) is 24.1 Å². The van der Waals surface area contributed by atoms with E-state index in [1.54, 1.807) is 29.2 Å². The van der Waals surface area contributed by atoms with Gasteiger partial charge in [0.15, 0.2) is 0 Å². The summed E-state index contributed by atoms with van der Waals surface area (Å²) < 4.78 is 26.4. The number of nitrogens with zero attached hydrogens (tertiary/aromatic N) is 1. The van der Waals surface area contributed by atoms with Crippen LogP contribution in [0.25, 0.3) is 0 Å². The van der Waals surface area contributed by atoms with Crippen molar-refractivity contribution in [1.82, 2.24) is 15.5 Å². The SMILES string of the molecule is CS(=O)(=O)Nc1ccccc1C1CCN(C(=O)[C@@H](Cc2ccc(Cl)cc2)NC(=O)C2N[CH]Cc3ccccc32)CC1. The zero-order valence-corrected chi connectivity index (χ0v) is 24.4. The number of halogens is 1. The number of rotatable bonds is 8. The van der Waals surface area contributed by atoms with E-state index in [1.165, 1.54) is 0 Å². The van der Waals surface area contributed by atoms with Crippen LogP contribution in [0.15, 0.2) is 72.8 Å². The topological polar surface area (TPSA) is 108 Å². The molecule has 0 saturated carbocycles. The first kappa shape index (κ1) is 29.1. The molecule has 3 aromatic carbocycles. The lowest BCUT2D eigenvalue weighted by atomic mass is 9.88. The largest absolute Gasteiger partial charge is 0.342 e. The Hall–Kier alpha value is -3.40. The number of sulfonamides is 1. The van der Waals surface area contributed by atoms with Crippen molar-refractivity contribution < 1.29 is 18.0 Å². The van der Waals surface area contributed by atoms with Gasteiger partial charge in [0.1, 0.15) is 12.1 Å². The Kier molecular flexibility index (Phi) is 8.97. The van der Waals surface area contributed by atoms with Gasteiger partial charge in [-0.25, -0.2) is 8.42 Å². The molecule has 1 fully saturated rings. The van der Waals surface area contributed by atoms with Gasteiger partial charge >= 0.3 is 0 Å². The number of hydrogen-bond acceptors (Lipinski definition) is 5. The molecule has 5 rings (SSSR count). The maximum absolute atomic E-state index is 13.9. The Morgan fingerprint density at radius 2 is 1.63 bits per heavy atom. The Labute approximate surface area is 246 Å². The number of para-hydroxylation sites is 1. The summed E-state index contributed by atoms with van der Waals surface area (Å²) in [5.74, 6) is -0.286. The summed E-state index contributed by atoms with van der Waals surface area (Å²) >= 11 is 6.08. The van der Waals surface area contributed by atoms with Crippen molar-refractivity contribution in [1.29, 1.82) is 0 Å². The predicted octanol–water partition coefficient (Wildman–Crippen LogP) is 4.19. The highest BCUT2D eigenvalue weighted by atomic mass is 35.5. The second kappa shape index (κ2) is 12.6. The molecule has 1 radical (unpaired) electrons. The molecule has 2 atom stereocenters. The highest BCUT2D eigenvalue weighted by molar-refractivity contribution is 7.92. The van der Waals surface area contributed by atoms with E-state index in [0.29, 0.717) is 43.1 Å². The van der Waals surface area contributed by atoms with Crippen molar-refractivity contribution >= 4 is 39.1 Å². The predicted molar refractivity (Wildman–Crippen MR) is 161 cm³/mol. The standard InChI is InChI=1S/C31H34ClN4O4S/c1-41(39,40)35-27-9-5-4-7-25(27)23-15-18-36(19-16-23)31(38)28(20-21-10-12-24(32)13-11-21)34-30(37)29-26-8-3-2-6-22(26)14-17-33-29/h2-13,17,23,28-29,33,35H,14-16,18-20H2,1H3,(H,34,37)/t28-,29?/m1/s1. The summed E-state index contributed by atoms with van der Waals surface area (Å²) in [5.41, 5.74) is 4.39. The highest BCUT2D eigenvalue weighted by Gasteiger charge is 2.33. The molecule has 0 aliphatic carbocycles. The summed E-state index contributed by atoms with van der Waals surface area (Å²) in [4.78, 5) is 29.3. The molecule has 215 valence electrons. The van der Waals surface area contributed by atoms with Crippen LogP contribution < -0.4 is 15.4 Å². The minimum Gasteiger partial charge on any atom is -0.342 e. The molecule has 0 spiro atoms. The minimum absolute atomic E-state index is 0.104. The molecule has 2 aliphatic heterocycles. The number of likely N-dealkylation sites (tertiary alicyclic amines) is 1. The number of benzene rings is 3. The Morgan fingerprint density at radius 3 is 2.34 bits per heavy atom. The van der Waals surface area contributed by atoms with Gasteiger partial charge in [0, 0.05) is 31.1 Å². The maximum atomic E-state index is 13.9. The van der Waals surface area contributed by atoms with Crippen molar-refractivity contribution in [3.05, 3.63) is 107 Å². The van der Waals surface area contributed by atoms with Gasteiger partial charge in [0.25, 0.3) is 0 Å². The van der Waals surface area contributed by atoms with Crippen LogP contribution in [-0.2, 0) is 32.5 Å². The third-order valence-corrected chi connectivity index (χ3v) is 8.55. The molecule has 0 bridgehead atoms. The third kappa shape index (κ3) is 7.28. The fraction of sp³-hybridized carbons (Fsp3) is 0.323. The van der Waals surface area contributed by atoms with Crippen molar-refractivity contribution in [3.63, 3.8) is 0 Å². The van der Waals surface area contributed by atoms with E-state index >= 15 is 0 Å². The maximum Gasteiger partial charge on any atom is 0.245 e. The number of amides is 2. The Bertz CT molecular complexity index is 1500. The summed E-state index contributed by atoms with van der Waals surface area (Å²) in [5, 5.41) is 6.83. The molecule has 2 heterocycles. The monoisotopic (exact) mass is 593 g/mol. The van der Waals surface area contributed by atoms with E-state index in [0.717, 1.165) is 34.9 Å². The van der Waals surface area contributed by atoms with E-state index in [1.807, 2.05) is 55.1 Å². The van der Waals surface area contributed by atoms with Crippen LogP contribution in [-0.4, -0.2) is 50.5 Å². The number of piperidine rings is 1. The number of hydrogen-bond donors (Lipinski definition) is 3. The highest BCUT2D eigenvalue weighted by Crippen LogP contribution is 2.34. The molecule has 8 nitrogen and oxygen atoms in total.